The van der Waals surface area contributed by atoms with Crippen LogP contribution >= 0.6 is 11.6 Å². The van der Waals surface area contributed by atoms with Crippen molar-refractivity contribution in [3.63, 3.8) is 0 Å². The minimum Gasteiger partial charge on any atom is -0.363 e. The van der Waals surface area contributed by atoms with Crippen LogP contribution in [0.1, 0.15) is 5.82 Å². The summed E-state index contributed by atoms with van der Waals surface area (Å²) in [6, 6.07) is 11.4. The van der Waals surface area contributed by atoms with Crippen molar-refractivity contribution in [1.82, 2.24) is 19.9 Å². The molecule has 2 heterocycles. The zero-order valence-electron chi connectivity index (χ0n) is 10.5. The molecule has 0 fully saturated rings. The van der Waals surface area contributed by atoms with E-state index in [1.165, 1.54) is 0 Å². The van der Waals surface area contributed by atoms with Gasteiger partial charge < -0.3 is 10.3 Å². The molecule has 3 aromatic rings. The lowest BCUT2D eigenvalue weighted by atomic mass is 10.2. The highest BCUT2D eigenvalue weighted by Gasteiger charge is 2.05. The summed E-state index contributed by atoms with van der Waals surface area (Å²) in [5.41, 5.74) is 0.927. The molecule has 6 heteroatoms. The van der Waals surface area contributed by atoms with E-state index in [1.54, 1.807) is 18.5 Å². The fourth-order valence-electron chi connectivity index (χ4n) is 1.79. The minimum atomic E-state index is 0.404. The van der Waals surface area contributed by atoms with Gasteiger partial charge in [0, 0.05) is 24.0 Å². The zero-order valence-corrected chi connectivity index (χ0v) is 11.3. The summed E-state index contributed by atoms with van der Waals surface area (Å²) >= 11 is 6.05. The number of benzene rings is 1. The number of hydrogen-bond donors (Lipinski definition) is 2. The van der Waals surface area contributed by atoms with Crippen molar-refractivity contribution in [2.75, 3.05) is 5.32 Å². The van der Waals surface area contributed by atoms with Gasteiger partial charge in [0.1, 0.15) is 16.8 Å². The number of nitrogens with zero attached hydrogens (tertiary/aromatic N) is 3. The average Bonchev–Trinajstić information content (AvgIpc) is 2.99. The van der Waals surface area contributed by atoms with Crippen LogP contribution < -0.4 is 5.32 Å². The van der Waals surface area contributed by atoms with E-state index in [0.717, 1.165) is 11.4 Å². The Balaban J connectivity index is 1.83. The highest BCUT2D eigenvalue weighted by atomic mass is 35.5. The van der Waals surface area contributed by atoms with Gasteiger partial charge in [-0.1, -0.05) is 41.9 Å². The first-order chi connectivity index (χ1) is 9.81. The Hall–Kier alpha value is -2.40. The third-order valence-electron chi connectivity index (χ3n) is 2.72. The van der Waals surface area contributed by atoms with E-state index >= 15 is 0 Å². The molecule has 0 spiro atoms. The summed E-state index contributed by atoms with van der Waals surface area (Å²) in [4.78, 5) is 15.9. The molecule has 0 aliphatic rings. The Bertz CT molecular complexity index is 682. The monoisotopic (exact) mass is 285 g/mol. The van der Waals surface area contributed by atoms with Crippen LogP contribution in [-0.4, -0.2) is 19.9 Å². The number of H-pyrrole nitrogens is 1. The van der Waals surface area contributed by atoms with Crippen molar-refractivity contribution in [2.24, 2.45) is 0 Å². The highest BCUT2D eigenvalue weighted by Crippen LogP contribution is 2.20. The van der Waals surface area contributed by atoms with E-state index < -0.39 is 0 Å². The highest BCUT2D eigenvalue weighted by molar-refractivity contribution is 6.29. The van der Waals surface area contributed by atoms with Gasteiger partial charge in [-0.3, -0.25) is 0 Å². The second kappa shape index (κ2) is 5.71. The van der Waals surface area contributed by atoms with Crippen molar-refractivity contribution in [1.29, 1.82) is 0 Å². The predicted molar refractivity (Wildman–Crippen MR) is 78.4 cm³/mol. The van der Waals surface area contributed by atoms with Gasteiger partial charge in [-0.05, 0) is 0 Å². The second-order valence-corrected chi connectivity index (χ2v) is 4.54. The molecule has 0 aliphatic heterocycles. The Morgan fingerprint density at radius 3 is 2.75 bits per heavy atom. The molecule has 2 aromatic heterocycles. The second-order valence-electron chi connectivity index (χ2n) is 4.15. The van der Waals surface area contributed by atoms with E-state index in [-0.39, 0.29) is 0 Å². The van der Waals surface area contributed by atoms with Crippen LogP contribution in [0.5, 0.6) is 0 Å². The Morgan fingerprint density at radius 2 is 2.00 bits per heavy atom. The van der Waals surface area contributed by atoms with Crippen LogP contribution in [0, 0.1) is 0 Å². The van der Waals surface area contributed by atoms with E-state index in [1.807, 2.05) is 30.3 Å². The lowest BCUT2D eigenvalue weighted by Gasteiger charge is -2.07. The number of anilines is 1. The number of aromatic nitrogens is 4. The van der Waals surface area contributed by atoms with Crippen LogP contribution in [0.15, 0.2) is 48.8 Å². The summed E-state index contributed by atoms with van der Waals surface area (Å²) in [7, 11) is 0. The van der Waals surface area contributed by atoms with E-state index in [9.17, 15) is 0 Å². The minimum absolute atomic E-state index is 0.404. The maximum atomic E-state index is 6.05. The first-order valence-corrected chi connectivity index (χ1v) is 6.51. The fraction of sp³-hybridized carbons (Fsp3) is 0.0714. The lowest BCUT2D eigenvalue weighted by molar-refractivity contribution is 0.984. The van der Waals surface area contributed by atoms with Gasteiger partial charge in [-0.15, -0.1) is 0 Å². The number of halogens is 1. The van der Waals surface area contributed by atoms with Gasteiger partial charge in [0.15, 0.2) is 5.82 Å². The third kappa shape index (κ3) is 2.95. The quantitative estimate of drug-likeness (QED) is 0.723. The largest absolute Gasteiger partial charge is 0.363 e. The smallest absolute Gasteiger partial charge is 0.163 e. The molecule has 0 radical (unpaired) electrons. The number of imidazole rings is 1. The standard InChI is InChI=1S/C14H12ClN5/c15-11-8-12(18-9-13-16-6-7-17-13)20-14(19-11)10-4-2-1-3-5-10/h1-8H,9H2,(H,16,17)(H,18,19,20). The summed E-state index contributed by atoms with van der Waals surface area (Å²) in [6.45, 7) is 0.550. The molecule has 0 saturated heterocycles. The summed E-state index contributed by atoms with van der Waals surface area (Å²) in [5, 5.41) is 3.57. The van der Waals surface area contributed by atoms with Gasteiger partial charge >= 0.3 is 0 Å². The predicted octanol–water partition coefficient (Wildman–Crippen LogP) is 3.13. The first-order valence-electron chi connectivity index (χ1n) is 6.13. The number of nitrogens with one attached hydrogen (secondary N) is 2. The van der Waals surface area contributed by atoms with Crippen LogP contribution in [0.3, 0.4) is 0 Å². The van der Waals surface area contributed by atoms with E-state index in [4.69, 9.17) is 11.6 Å². The SMILES string of the molecule is Clc1cc(NCc2ncc[nH]2)nc(-c2ccccc2)n1. The Kier molecular flexibility index (Phi) is 3.60. The van der Waals surface area contributed by atoms with Crippen LogP contribution in [-0.2, 0) is 6.54 Å². The van der Waals surface area contributed by atoms with Crippen LogP contribution in [0.4, 0.5) is 5.82 Å². The van der Waals surface area contributed by atoms with Gasteiger partial charge in [-0.25, -0.2) is 15.0 Å². The molecule has 2 N–H and O–H groups in total. The lowest BCUT2D eigenvalue weighted by Crippen LogP contribution is -2.04. The number of hydrogen-bond acceptors (Lipinski definition) is 4. The number of rotatable bonds is 4. The zero-order chi connectivity index (χ0) is 13.8. The van der Waals surface area contributed by atoms with Crippen LogP contribution in [0.2, 0.25) is 5.15 Å². The summed E-state index contributed by atoms with van der Waals surface area (Å²) in [5.74, 6) is 2.10. The van der Waals surface area contributed by atoms with Gasteiger partial charge in [-0.2, -0.15) is 0 Å². The molecule has 1 aromatic carbocycles. The molecular formula is C14H12ClN5. The topological polar surface area (TPSA) is 66.5 Å². The maximum Gasteiger partial charge on any atom is 0.163 e. The van der Waals surface area contributed by atoms with Crippen molar-refractivity contribution in [3.05, 3.63) is 59.8 Å². The maximum absolute atomic E-state index is 6.05. The van der Waals surface area contributed by atoms with Gasteiger partial charge in [0.2, 0.25) is 0 Å². The van der Waals surface area contributed by atoms with Crippen molar-refractivity contribution >= 4 is 17.4 Å². The molecule has 0 aliphatic carbocycles. The number of aromatic amines is 1. The Morgan fingerprint density at radius 1 is 1.15 bits per heavy atom. The fourth-order valence-corrected chi connectivity index (χ4v) is 1.98. The van der Waals surface area contributed by atoms with Gasteiger partial charge in [0.25, 0.3) is 0 Å². The Labute approximate surface area is 121 Å². The molecule has 0 unspecified atom stereocenters. The molecule has 0 amide bonds. The van der Waals surface area contributed by atoms with Crippen molar-refractivity contribution in [2.45, 2.75) is 6.54 Å². The van der Waals surface area contributed by atoms with E-state index in [2.05, 4.69) is 25.3 Å². The average molecular weight is 286 g/mol. The van der Waals surface area contributed by atoms with Crippen molar-refractivity contribution < 1.29 is 0 Å². The van der Waals surface area contributed by atoms with E-state index in [0.29, 0.717) is 23.3 Å². The van der Waals surface area contributed by atoms with Gasteiger partial charge in [0.05, 0.1) is 6.54 Å². The normalized spacial score (nSPS) is 10.4. The molecule has 5 nitrogen and oxygen atoms in total. The molecule has 100 valence electrons. The molecule has 0 saturated carbocycles. The third-order valence-corrected chi connectivity index (χ3v) is 2.91. The van der Waals surface area contributed by atoms with Crippen LogP contribution in [0.25, 0.3) is 11.4 Å². The molecule has 0 bridgehead atoms. The molecular weight excluding hydrogens is 274 g/mol. The molecule has 20 heavy (non-hydrogen) atoms. The van der Waals surface area contributed by atoms with Crippen molar-refractivity contribution in [3.8, 4) is 11.4 Å². The molecule has 3 rings (SSSR count). The summed E-state index contributed by atoms with van der Waals surface area (Å²) in [6.07, 6.45) is 3.48. The molecule has 0 atom stereocenters. The first kappa shape index (κ1) is 12.6. The summed E-state index contributed by atoms with van der Waals surface area (Å²) < 4.78 is 0.